The highest BCUT2D eigenvalue weighted by atomic mass is 79.9. The number of rotatable bonds is 2. The van der Waals surface area contributed by atoms with Gasteiger partial charge in [0.25, 0.3) is 0 Å². The smallest absolute Gasteiger partial charge is 0.188 e. The molecule has 0 amide bonds. The molecule has 0 aliphatic carbocycles. The molecule has 3 heteroatoms. The second-order valence-corrected chi connectivity index (χ2v) is 4.42. The molecule has 1 aliphatic rings. The van der Waals surface area contributed by atoms with Crippen molar-refractivity contribution in [2.75, 3.05) is 5.33 Å². The Hall–Kier alpha value is -0.830. The Balaban J connectivity index is 2.11. The maximum Gasteiger partial charge on any atom is 0.188 e. The minimum absolute atomic E-state index is 0.300. The van der Waals surface area contributed by atoms with E-state index in [0.29, 0.717) is 6.10 Å². The lowest BCUT2D eigenvalue weighted by molar-refractivity contribution is 0.246. The van der Waals surface area contributed by atoms with Crippen molar-refractivity contribution < 1.29 is 4.74 Å². The number of ether oxygens (including phenoxy) is 1. The standard InChI is InChI=1S/C12H14BrNO/c1-9-3-2-4-10(7-9)14-12-6-5-11(8-13)15-12/h2-4,7,11H,5-6,8H2,1H3. The van der Waals surface area contributed by atoms with E-state index >= 15 is 0 Å². The highest BCUT2D eigenvalue weighted by Crippen LogP contribution is 2.21. The summed E-state index contributed by atoms with van der Waals surface area (Å²) in [6.07, 6.45) is 2.31. The van der Waals surface area contributed by atoms with Crippen LogP contribution in [0.25, 0.3) is 0 Å². The first-order valence-electron chi connectivity index (χ1n) is 5.15. The number of hydrogen-bond donors (Lipinski definition) is 0. The maximum absolute atomic E-state index is 5.66. The molecule has 1 fully saturated rings. The molecule has 1 unspecified atom stereocenters. The second kappa shape index (κ2) is 4.79. The largest absolute Gasteiger partial charge is 0.477 e. The fraction of sp³-hybridized carbons (Fsp3) is 0.417. The average molecular weight is 268 g/mol. The molecule has 0 bridgehead atoms. The van der Waals surface area contributed by atoms with Crippen LogP contribution in [0.2, 0.25) is 0 Å². The van der Waals surface area contributed by atoms with Gasteiger partial charge in [0.15, 0.2) is 5.90 Å². The lowest BCUT2D eigenvalue weighted by Gasteiger charge is -2.05. The van der Waals surface area contributed by atoms with E-state index in [0.717, 1.165) is 29.8 Å². The predicted molar refractivity (Wildman–Crippen MR) is 66.2 cm³/mol. The predicted octanol–water partition coefficient (Wildman–Crippen LogP) is 3.60. The zero-order valence-electron chi connectivity index (χ0n) is 8.74. The summed E-state index contributed by atoms with van der Waals surface area (Å²) in [6, 6.07) is 8.16. The number of halogens is 1. The van der Waals surface area contributed by atoms with E-state index in [9.17, 15) is 0 Å². The van der Waals surface area contributed by atoms with Crippen molar-refractivity contribution in [3.8, 4) is 0 Å². The number of aryl methyl sites for hydroxylation is 1. The third-order valence-corrected chi connectivity index (χ3v) is 3.13. The molecule has 0 saturated carbocycles. The highest BCUT2D eigenvalue weighted by molar-refractivity contribution is 9.09. The van der Waals surface area contributed by atoms with Gasteiger partial charge in [0.2, 0.25) is 0 Å². The van der Waals surface area contributed by atoms with Crippen LogP contribution in [0, 0.1) is 6.92 Å². The Labute approximate surface area is 98.5 Å². The minimum atomic E-state index is 0.300. The molecule has 1 aliphatic heterocycles. The molecule has 2 nitrogen and oxygen atoms in total. The van der Waals surface area contributed by atoms with E-state index in [2.05, 4.69) is 40.0 Å². The molecule has 0 aromatic heterocycles. The Morgan fingerprint density at radius 3 is 3.07 bits per heavy atom. The molecule has 0 radical (unpaired) electrons. The summed E-state index contributed by atoms with van der Waals surface area (Å²) in [5, 5.41) is 0.889. The molecule has 1 aromatic carbocycles. The van der Waals surface area contributed by atoms with Crippen molar-refractivity contribution in [2.45, 2.75) is 25.9 Å². The Morgan fingerprint density at radius 2 is 2.40 bits per heavy atom. The molecule has 0 N–H and O–H groups in total. The number of benzene rings is 1. The summed E-state index contributed by atoms with van der Waals surface area (Å²) < 4.78 is 5.66. The Bertz CT molecular complexity index is 376. The highest BCUT2D eigenvalue weighted by Gasteiger charge is 2.20. The van der Waals surface area contributed by atoms with Gasteiger partial charge in [-0.05, 0) is 31.0 Å². The lowest BCUT2D eigenvalue weighted by atomic mass is 10.2. The van der Waals surface area contributed by atoms with Crippen molar-refractivity contribution in [1.82, 2.24) is 0 Å². The van der Waals surface area contributed by atoms with E-state index in [-0.39, 0.29) is 0 Å². The van der Waals surface area contributed by atoms with E-state index in [1.54, 1.807) is 0 Å². The van der Waals surface area contributed by atoms with Gasteiger partial charge in [0.05, 0.1) is 5.69 Å². The quantitative estimate of drug-likeness (QED) is 0.751. The van der Waals surface area contributed by atoms with Crippen LogP contribution in [-0.2, 0) is 4.74 Å². The van der Waals surface area contributed by atoms with Crippen LogP contribution in [0.15, 0.2) is 29.3 Å². The molecule has 0 spiro atoms. The van der Waals surface area contributed by atoms with Crippen LogP contribution in [0.1, 0.15) is 18.4 Å². The molecule has 1 atom stereocenters. The topological polar surface area (TPSA) is 21.6 Å². The van der Waals surface area contributed by atoms with Crippen LogP contribution < -0.4 is 0 Å². The maximum atomic E-state index is 5.66. The van der Waals surface area contributed by atoms with Gasteiger partial charge in [0.1, 0.15) is 6.10 Å². The summed E-state index contributed by atoms with van der Waals surface area (Å²) in [7, 11) is 0. The first kappa shape index (κ1) is 10.7. The molecular formula is C12H14BrNO. The van der Waals surface area contributed by atoms with E-state index in [1.165, 1.54) is 5.56 Å². The fourth-order valence-corrected chi connectivity index (χ4v) is 2.08. The first-order chi connectivity index (χ1) is 7.28. The molecular weight excluding hydrogens is 254 g/mol. The molecule has 1 aromatic rings. The normalized spacial score (nSPS) is 23.1. The molecule has 15 heavy (non-hydrogen) atoms. The number of aliphatic imine (C=N–C) groups is 1. The van der Waals surface area contributed by atoms with Gasteiger partial charge in [0, 0.05) is 11.8 Å². The van der Waals surface area contributed by atoms with Gasteiger partial charge in [-0.1, -0.05) is 28.1 Å². The molecule has 2 rings (SSSR count). The van der Waals surface area contributed by atoms with Crippen molar-refractivity contribution in [1.29, 1.82) is 0 Å². The fourth-order valence-electron chi connectivity index (χ4n) is 1.63. The van der Waals surface area contributed by atoms with Crippen LogP contribution in [-0.4, -0.2) is 17.3 Å². The van der Waals surface area contributed by atoms with Gasteiger partial charge in [-0.3, -0.25) is 0 Å². The van der Waals surface area contributed by atoms with Crippen LogP contribution in [0.4, 0.5) is 5.69 Å². The van der Waals surface area contributed by atoms with Crippen LogP contribution >= 0.6 is 15.9 Å². The van der Waals surface area contributed by atoms with Crippen LogP contribution in [0.5, 0.6) is 0 Å². The van der Waals surface area contributed by atoms with E-state index < -0.39 is 0 Å². The SMILES string of the molecule is Cc1cccc(N=C2CCC(CBr)O2)c1. The van der Waals surface area contributed by atoms with Crippen molar-refractivity contribution in [3.63, 3.8) is 0 Å². The van der Waals surface area contributed by atoms with Crippen LogP contribution in [0.3, 0.4) is 0 Å². The minimum Gasteiger partial charge on any atom is -0.477 e. The van der Waals surface area contributed by atoms with E-state index in [4.69, 9.17) is 4.74 Å². The third-order valence-electron chi connectivity index (χ3n) is 2.41. The van der Waals surface area contributed by atoms with Crippen molar-refractivity contribution in [3.05, 3.63) is 29.8 Å². The third kappa shape index (κ3) is 2.81. The van der Waals surface area contributed by atoms with Gasteiger partial charge in [-0.15, -0.1) is 0 Å². The molecule has 80 valence electrons. The average Bonchev–Trinajstić information content (AvgIpc) is 2.65. The number of alkyl halides is 1. The van der Waals surface area contributed by atoms with Gasteiger partial charge in [-0.2, -0.15) is 0 Å². The Kier molecular flexibility index (Phi) is 3.41. The summed E-state index contributed by atoms with van der Waals surface area (Å²) in [4.78, 5) is 4.49. The summed E-state index contributed by atoms with van der Waals surface area (Å²) in [5.74, 6) is 0.866. The number of hydrogen-bond acceptors (Lipinski definition) is 2. The monoisotopic (exact) mass is 267 g/mol. The lowest BCUT2D eigenvalue weighted by Crippen LogP contribution is -2.07. The summed E-state index contributed by atoms with van der Waals surface area (Å²) in [6.45, 7) is 2.07. The number of nitrogens with zero attached hydrogens (tertiary/aromatic N) is 1. The van der Waals surface area contributed by atoms with E-state index in [1.807, 2.05) is 12.1 Å². The zero-order valence-corrected chi connectivity index (χ0v) is 10.3. The molecule has 1 heterocycles. The van der Waals surface area contributed by atoms with Gasteiger partial charge in [-0.25, -0.2) is 4.99 Å². The second-order valence-electron chi connectivity index (χ2n) is 3.78. The zero-order chi connectivity index (χ0) is 10.7. The van der Waals surface area contributed by atoms with Gasteiger partial charge < -0.3 is 4.74 Å². The molecule has 1 saturated heterocycles. The van der Waals surface area contributed by atoms with Gasteiger partial charge >= 0.3 is 0 Å². The summed E-state index contributed by atoms with van der Waals surface area (Å²) in [5.41, 5.74) is 2.21. The first-order valence-corrected chi connectivity index (χ1v) is 6.27. The Morgan fingerprint density at radius 1 is 1.53 bits per heavy atom. The summed E-state index contributed by atoms with van der Waals surface area (Å²) >= 11 is 3.42. The van der Waals surface area contributed by atoms with Crippen molar-refractivity contribution >= 4 is 27.5 Å². The van der Waals surface area contributed by atoms with Crippen molar-refractivity contribution in [2.24, 2.45) is 4.99 Å².